The minimum Gasteiger partial charge on any atom is -0.502 e. The van der Waals surface area contributed by atoms with E-state index in [-0.39, 0.29) is 12.7 Å². The first-order valence-electron chi connectivity index (χ1n) is 10.1. The molecule has 2 aromatic carbocycles. The van der Waals surface area contributed by atoms with E-state index < -0.39 is 5.91 Å². The van der Waals surface area contributed by atoms with Gasteiger partial charge in [0.05, 0.1) is 18.4 Å². The summed E-state index contributed by atoms with van der Waals surface area (Å²) in [6.45, 7) is 11.0. The van der Waals surface area contributed by atoms with Crippen LogP contribution in [0.1, 0.15) is 31.4 Å². The highest BCUT2D eigenvalue weighted by Crippen LogP contribution is 2.35. The van der Waals surface area contributed by atoms with E-state index in [1.54, 1.807) is 18.2 Å². The van der Waals surface area contributed by atoms with Crippen LogP contribution in [0.25, 0.3) is 27.7 Å². The van der Waals surface area contributed by atoms with Gasteiger partial charge in [0.25, 0.3) is 11.8 Å². The fourth-order valence-corrected chi connectivity index (χ4v) is 3.52. The molecule has 162 valence electrons. The van der Waals surface area contributed by atoms with Crippen LogP contribution in [-0.2, 0) is 16.1 Å². The third-order valence-corrected chi connectivity index (χ3v) is 4.84. The lowest BCUT2D eigenvalue weighted by atomic mass is 10.0. The Hall–Kier alpha value is -4.19. The van der Waals surface area contributed by atoms with Gasteiger partial charge in [0, 0.05) is 16.7 Å². The molecule has 0 fully saturated rings. The number of oxime groups is 1. The number of aromatic nitrogens is 2. The van der Waals surface area contributed by atoms with E-state index >= 15 is 0 Å². The van der Waals surface area contributed by atoms with Gasteiger partial charge in [-0.3, -0.25) is 4.79 Å². The Kier molecular flexibility index (Phi) is 5.85. The van der Waals surface area contributed by atoms with Crippen molar-refractivity contribution >= 4 is 17.3 Å². The van der Waals surface area contributed by atoms with Gasteiger partial charge < -0.3 is 19.8 Å². The van der Waals surface area contributed by atoms with Crippen molar-refractivity contribution in [2.45, 2.75) is 32.8 Å². The van der Waals surface area contributed by atoms with Gasteiger partial charge >= 0.3 is 0 Å². The van der Waals surface area contributed by atoms with Gasteiger partial charge in [-0.1, -0.05) is 28.5 Å². The quantitative estimate of drug-likeness (QED) is 0.448. The molecule has 0 saturated carbocycles. The standard InChI is InChI=1S/C23H21N5O4/c1-13(2)31-20-10-7-14(11-19(20)25-3)23-26-22(28-32-23)17-6-4-5-16-15(17)8-9-18(16)27-30-12-21(24)29/h4-7,10-11,13H,8-9,12H2,1-2H3,(H2,24,29)/b27-18-. The number of amides is 1. The molecule has 1 amide bonds. The predicted molar refractivity (Wildman–Crippen MR) is 117 cm³/mol. The van der Waals surface area contributed by atoms with Crippen molar-refractivity contribution in [2.75, 3.05) is 6.61 Å². The summed E-state index contributed by atoms with van der Waals surface area (Å²) in [5.41, 5.74) is 9.64. The summed E-state index contributed by atoms with van der Waals surface area (Å²) in [6.07, 6.45) is 1.37. The lowest BCUT2D eigenvalue weighted by Gasteiger charge is -2.11. The molecule has 0 spiro atoms. The first-order chi connectivity index (χ1) is 15.5. The predicted octanol–water partition coefficient (Wildman–Crippen LogP) is 3.89. The first kappa shape index (κ1) is 21.1. The molecular formula is C23H21N5O4. The highest BCUT2D eigenvalue weighted by Gasteiger charge is 2.24. The zero-order valence-electron chi connectivity index (χ0n) is 17.7. The van der Waals surface area contributed by atoms with Crippen LogP contribution in [0.3, 0.4) is 0 Å². The van der Waals surface area contributed by atoms with Crippen molar-refractivity contribution < 1.29 is 18.9 Å². The number of hydrogen-bond donors (Lipinski definition) is 1. The first-order valence-corrected chi connectivity index (χ1v) is 10.1. The third kappa shape index (κ3) is 4.30. The molecular weight excluding hydrogens is 410 g/mol. The SMILES string of the molecule is [C-]#[N+]c1cc(-c2nc(-c3cccc4c3CC/C4=N/OCC(N)=O)no2)ccc1OC(C)C. The maximum Gasteiger partial charge on any atom is 0.258 e. The summed E-state index contributed by atoms with van der Waals surface area (Å²) in [7, 11) is 0. The van der Waals surface area contributed by atoms with Crippen molar-refractivity contribution in [3.05, 3.63) is 58.9 Å². The fraction of sp³-hybridized carbons (Fsp3) is 0.261. The van der Waals surface area contributed by atoms with Gasteiger partial charge in [-0.15, -0.1) is 0 Å². The Morgan fingerprint density at radius 1 is 1.28 bits per heavy atom. The lowest BCUT2D eigenvalue weighted by Crippen LogP contribution is -2.16. The average molecular weight is 431 g/mol. The summed E-state index contributed by atoms with van der Waals surface area (Å²) in [4.78, 5) is 24.0. The lowest BCUT2D eigenvalue weighted by molar-refractivity contribution is -0.122. The molecule has 3 aromatic rings. The highest BCUT2D eigenvalue weighted by molar-refractivity contribution is 6.05. The zero-order valence-corrected chi connectivity index (χ0v) is 17.7. The number of nitrogens with two attached hydrogens (primary N) is 1. The molecule has 0 aliphatic heterocycles. The van der Waals surface area contributed by atoms with E-state index in [0.29, 0.717) is 35.1 Å². The average Bonchev–Trinajstić information content (AvgIpc) is 3.41. The van der Waals surface area contributed by atoms with Crippen molar-refractivity contribution in [1.82, 2.24) is 10.1 Å². The van der Waals surface area contributed by atoms with Crippen molar-refractivity contribution in [3.63, 3.8) is 0 Å². The maximum atomic E-state index is 10.9. The van der Waals surface area contributed by atoms with Crippen LogP contribution in [0.15, 0.2) is 46.1 Å². The molecule has 1 aromatic heterocycles. The zero-order chi connectivity index (χ0) is 22.7. The third-order valence-electron chi connectivity index (χ3n) is 4.84. The van der Waals surface area contributed by atoms with Gasteiger partial charge in [0.15, 0.2) is 6.61 Å². The van der Waals surface area contributed by atoms with Crippen LogP contribution in [0.2, 0.25) is 0 Å². The Morgan fingerprint density at radius 3 is 2.84 bits per heavy atom. The van der Waals surface area contributed by atoms with Gasteiger partial charge in [0.2, 0.25) is 11.5 Å². The van der Waals surface area contributed by atoms with Crippen LogP contribution < -0.4 is 10.5 Å². The number of hydrogen-bond acceptors (Lipinski definition) is 7. The minimum atomic E-state index is -0.578. The van der Waals surface area contributed by atoms with E-state index in [1.165, 1.54) is 0 Å². The second-order valence-corrected chi connectivity index (χ2v) is 7.49. The van der Waals surface area contributed by atoms with Crippen LogP contribution in [0.4, 0.5) is 5.69 Å². The van der Waals surface area contributed by atoms with Gasteiger partial charge in [-0.05, 0) is 50.5 Å². The molecule has 4 rings (SSSR count). The number of fused-ring (bicyclic) bond motifs is 1. The minimum absolute atomic E-state index is 0.0360. The molecule has 1 aliphatic carbocycles. The monoisotopic (exact) mass is 431 g/mol. The van der Waals surface area contributed by atoms with Crippen LogP contribution in [0.5, 0.6) is 5.75 Å². The second kappa shape index (κ2) is 8.89. The van der Waals surface area contributed by atoms with Crippen molar-refractivity contribution in [2.24, 2.45) is 10.9 Å². The number of ether oxygens (including phenoxy) is 1. The maximum absolute atomic E-state index is 10.9. The number of benzene rings is 2. The summed E-state index contributed by atoms with van der Waals surface area (Å²) in [5, 5.41) is 8.20. The number of rotatable bonds is 7. The highest BCUT2D eigenvalue weighted by atomic mass is 16.6. The number of carbonyl (C=O) groups is 1. The topological polar surface area (TPSA) is 117 Å². The van der Waals surface area contributed by atoms with E-state index in [0.717, 1.165) is 28.8 Å². The van der Waals surface area contributed by atoms with Crippen LogP contribution in [-0.4, -0.2) is 34.5 Å². The van der Waals surface area contributed by atoms with Crippen molar-refractivity contribution in [1.29, 1.82) is 0 Å². The normalized spacial score (nSPS) is 13.8. The van der Waals surface area contributed by atoms with Crippen LogP contribution >= 0.6 is 0 Å². The number of primary amides is 1. The Morgan fingerprint density at radius 2 is 2.09 bits per heavy atom. The summed E-state index contributed by atoms with van der Waals surface area (Å²) in [5.74, 6) is 0.703. The summed E-state index contributed by atoms with van der Waals surface area (Å²) >= 11 is 0. The summed E-state index contributed by atoms with van der Waals surface area (Å²) < 4.78 is 11.2. The molecule has 1 aliphatic rings. The molecule has 0 saturated heterocycles. The molecule has 0 atom stereocenters. The van der Waals surface area contributed by atoms with E-state index in [4.69, 9.17) is 26.4 Å². The molecule has 2 N–H and O–H groups in total. The van der Waals surface area contributed by atoms with Gasteiger partial charge in [-0.2, -0.15) is 4.98 Å². The Labute approximate surface area is 184 Å². The molecule has 32 heavy (non-hydrogen) atoms. The number of nitrogens with zero attached hydrogens (tertiary/aromatic N) is 4. The largest absolute Gasteiger partial charge is 0.502 e. The molecule has 0 bridgehead atoms. The Bertz CT molecular complexity index is 1240. The van der Waals surface area contributed by atoms with Gasteiger partial charge in [-0.25, -0.2) is 4.85 Å². The number of carbonyl (C=O) groups excluding carboxylic acids is 1. The smallest absolute Gasteiger partial charge is 0.258 e. The molecule has 9 heteroatoms. The van der Waals surface area contributed by atoms with E-state index in [9.17, 15) is 4.79 Å². The Balaban J connectivity index is 1.62. The molecule has 0 radical (unpaired) electrons. The molecule has 9 nitrogen and oxygen atoms in total. The van der Waals surface area contributed by atoms with Gasteiger partial charge in [0.1, 0.15) is 5.75 Å². The molecule has 1 heterocycles. The van der Waals surface area contributed by atoms with E-state index in [2.05, 4.69) is 20.1 Å². The van der Waals surface area contributed by atoms with Crippen molar-refractivity contribution in [3.8, 4) is 28.6 Å². The van der Waals surface area contributed by atoms with E-state index in [1.807, 2.05) is 32.0 Å². The molecule has 0 unspecified atom stereocenters. The fourth-order valence-electron chi connectivity index (χ4n) is 3.52. The van der Waals surface area contributed by atoms with Crippen LogP contribution in [0, 0.1) is 6.57 Å². The summed E-state index contributed by atoms with van der Waals surface area (Å²) in [6, 6.07) is 11.0. The second-order valence-electron chi connectivity index (χ2n) is 7.49.